The molecular weight excluding hydrogens is 513 g/mol. The second-order valence-electron chi connectivity index (χ2n) is 7.49. The van der Waals surface area contributed by atoms with Crippen molar-refractivity contribution in [2.24, 2.45) is 12.0 Å². The number of hydrogen-bond acceptors (Lipinski definition) is 3. The van der Waals surface area contributed by atoms with Crippen LogP contribution in [0.4, 0.5) is 0 Å². The van der Waals surface area contributed by atoms with E-state index in [1.807, 2.05) is 26.4 Å². The molecular formula is C22H33ClIN5O. The first-order valence-corrected chi connectivity index (χ1v) is 10.6. The van der Waals surface area contributed by atoms with Crippen molar-refractivity contribution < 1.29 is 4.74 Å². The van der Waals surface area contributed by atoms with E-state index in [1.54, 1.807) is 0 Å². The molecule has 0 aliphatic carbocycles. The van der Waals surface area contributed by atoms with Gasteiger partial charge in [0.05, 0.1) is 31.3 Å². The van der Waals surface area contributed by atoms with Crippen molar-refractivity contribution >= 4 is 41.5 Å². The molecule has 166 valence electrons. The second-order valence-corrected chi connectivity index (χ2v) is 7.93. The van der Waals surface area contributed by atoms with Crippen LogP contribution in [0.3, 0.4) is 0 Å². The molecule has 1 N–H and O–H groups in total. The number of aliphatic imine (C=N–C) groups is 1. The Bertz CT molecular complexity index is 802. The van der Waals surface area contributed by atoms with Gasteiger partial charge in [0.2, 0.25) is 0 Å². The Labute approximate surface area is 202 Å². The minimum absolute atomic E-state index is 0. The molecule has 0 amide bonds. The van der Waals surface area contributed by atoms with Gasteiger partial charge in [-0.05, 0) is 24.1 Å². The number of aryl methyl sites for hydroxylation is 1. The Balaban J connectivity index is 0.00000320. The predicted octanol–water partition coefficient (Wildman–Crippen LogP) is 3.73. The fraction of sp³-hybridized carbons (Fsp3) is 0.500. The lowest BCUT2D eigenvalue weighted by atomic mass is 10.1. The van der Waals surface area contributed by atoms with E-state index in [1.165, 1.54) is 11.1 Å². The van der Waals surface area contributed by atoms with Crippen molar-refractivity contribution in [3.63, 3.8) is 0 Å². The standard InChI is InChI=1S/C22H32ClN5O.HI/c1-4-24-22(27(3)17-21-13-20(23)16-26(21)2)25-14-18-5-7-19(8-6-18)15-28-9-11-29-12-10-28;/h5-8,13,16H,4,9-12,14-15,17H2,1-3H3,(H,24,25);1H. The summed E-state index contributed by atoms with van der Waals surface area (Å²) in [6, 6.07) is 10.8. The highest BCUT2D eigenvalue weighted by molar-refractivity contribution is 14.0. The third-order valence-electron chi connectivity index (χ3n) is 5.11. The predicted molar refractivity (Wildman–Crippen MR) is 135 cm³/mol. The van der Waals surface area contributed by atoms with Crippen molar-refractivity contribution in [2.45, 2.75) is 26.6 Å². The Hall–Kier alpha value is -1.29. The number of benzene rings is 1. The highest BCUT2D eigenvalue weighted by atomic mass is 127. The first kappa shape index (κ1) is 25.0. The van der Waals surface area contributed by atoms with E-state index in [0.717, 1.165) is 62.6 Å². The average Bonchev–Trinajstić information content (AvgIpc) is 3.03. The minimum atomic E-state index is 0. The molecule has 0 saturated carbocycles. The normalized spacial score (nSPS) is 15.0. The number of ether oxygens (including phenoxy) is 1. The summed E-state index contributed by atoms with van der Waals surface area (Å²) in [5.74, 6) is 0.891. The van der Waals surface area contributed by atoms with Gasteiger partial charge in [-0.2, -0.15) is 0 Å². The Kier molecular flexibility index (Phi) is 10.4. The van der Waals surface area contributed by atoms with Gasteiger partial charge >= 0.3 is 0 Å². The molecule has 1 aliphatic rings. The molecule has 1 aromatic carbocycles. The molecule has 0 radical (unpaired) electrons. The molecule has 6 nitrogen and oxygen atoms in total. The Morgan fingerprint density at radius 3 is 2.47 bits per heavy atom. The molecule has 1 aromatic heterocycles. The summed E-state index contributed by atoms with van der Waals surface area (Å²) in [6.45, 7) is 8.99. The zero-order valence-electron chi connectivity index (χ0n) is 18.1. The molecule has 1 aliphatic heterocycles. The number of aromatic nitrogens is 1. The van der Waals surface area contributed by atoms with Crippen LogP contribution >= 0.6 is 35.6 Å². The molecule has 1 fully saturated rings. The zero-order chi connectivity index (χ0) is 20.6. The summed E-state index contributed by atoms with van der Waals surface area (Å²) in [6.07, 6.45) is 1.92. The van der Waals surface area contributed by atoms with Crippen LogP contribution < -0.4 is 5.32 Å². The summed E-state index contributed by atoms with van der Waals surface area (Å²) in [4.78, 5) is 9.39. The van der Waals surface area contributed by atoms with Crippen LogP contribution in [-0.2, 0) is 31.4 Å². The molecule has 0 bridgehead atoms. The molecule has 0 unspecified atom stereocenters. The fourth-order valence-corrected chi connectivity index (χ4v) is 3.72. The molecule has 0 spiro atoms. The van der Waals surface area contributed by atoms with Crippen LogP contribution in [0.5, 0.6) is 0 Å². The summed E-state index contributed by atoms with van der Waals surface area (Å²) in [5, 5.41) is 4.14. The number of halogens is 2. The molecule has 2 heterocycles. The van der Waals surface area contributed by atoms with Gasteiger partial charge in [0.25, 0.3) is 0 Å². The van der Waals surface area contributed by atoms with E-state index in [2.05, 4.69) is 50.9 Å². The topological polar surface area (TPSA) is 45.0 Å². The largest absolute Gasteiger partial charge is 0.379 e. The van der Waals surface area contributed by atoms with Crippen molar-refractivity contribution in [1.29, 1.82) is 0 Å². The smallest absolute Gasteiger partial charge is 0.194 e. The van der Waals surface area contributed by atoms with E-state index in [-0.39, 0.29) is 24.0 Å². The molecule has 30 heavy (non-hydrogen) atoms. The lowest BCUT2D eigenvalue weighted by Gasteiger charge is -2.26. The van der Waals surface area contributed by atoms with E-state index >= 15 is 0 Å². The number of morpholine rings is 1. The third-order valence-corrected chi connectivity index (χ3v) is 5.32. The van der Waals surface area contributed by atoms with Crippen LogP contribution in [0.2, 0.25) is 5.02 Å². The van der Waals surface area contributed by atoms with Crippen molar-refractivity contribution in [3.05, 3.63) is 58.4 Å². The molecule has 2 aromatic rings. The van der Waals surface area contributed by atoms with Gasteiger partial charge in [0, 0.05) is 52.2 Å². The van der Waals surface area contributed by atoms with E-state index < -0.39 is 0 Å². The first-order valence-electron chi connectivity index (χ1n) is 10.2. The monoisotopic (exact) mass is 545 g/mol. The first-order chi connectivity index (χ1) is 14.0. The Morgan fingerprint density at radius 2 is 1.87 bits per heavy atom. The molecule has 8 heteroatoms. The van der Waals surface area contributed by atoms with Crippen molar-refractivity contribution in [1.82, 2.24) is 19.7 Å². The van der Waals surface area contributed by atoms with Crippen molar-refractivity contribution in [2.75, 3.05) is 39.9 Å². The average molecular weight is 546 g/mol. The van der Waals surface area contributed by atoms with Gasteiger partial charge < -0.3 is 19.5 Å². The van der Waals surface area contributed by atoms with Crippen molar-refractivity contribution in [3.8, 4) is 0 Å². The highest BCUT2D eigenvalue weighted by Gasteiger charge is 2.11. The van der Waals surface area contributed by atoms with Crippen LogP contribution in [0.1, 0.15) is 23.7 Å². The van der Waals surface area contributed by atoms with Gasteiger partial charge in [0.1, 0.15) is 0 Å². The number of rotatable bonds is 7. The van der Waals surface area contributed by atoms with Gasteiger partial charge in [-0.1, -0.05) is 35.9 Å². The number of nitrogens with one attached hydrogen (secondary N) is 1. The third kappa shape index (κ3) is 7.44. The van der Waals surface area contributed by atoms with Crippen LogP contribution in [0.15, 0.2) is 41.5 Å². The van der Waals surface area contributed by atoms with Gasteiger partial charge in [-0.3, -0.25) is 4.90 Å². The van der Waals surface area contributed by atoms with Gasteiger partial charge in [-0.25, -0.2) is 4.99 Å². The van der Waals surface area contributed by atoms with Gasteiger partial charge in [-0.15, -0.1) is 24.0 Å². The quantitative estimate of drug-likeness (QED) is 0.327. The van der Waals surface area contributed by atoms with E-state index in [0.29, 0.717) is 6.54 Å². The second kappa shape index (κ2) is 12.5. The van der Waals surface area contributed by atoms with Crippen LogP contribution in [0.25, 0.3) is 0 Å². The highest BCUT2D eigenvalue weighted by Crippen LogP contribution is 2.14. The molecule has 1 saturated heterocycles. The van der Waals surface area contributed by atoms with Crippen LogP contribution in [-0.4, -0.2) is 60.2 Å². The van der Waals surface area contributed by atoms with Gasteiger partial charge in [0.15, 0.2) is 5.96 Å². The maximum absolute atomic E-state index is 6.11. The van der Waals surface area contributed by atoms with E-state index in [4.69, 9.17) is 21.3 Å². The summed E-state index contributed by atoms with van der Waals surface area (Å²) < 4.78 is 7.47. The maximum atomic E-state index is 6.11. The lowest BCUT2D eigenvalue weighted by Crippen LogP contribution is -2.38. The maximum Gasteiger partial charge on any atom is 0.194 e. The number of guanidine groups is 1. The summed E-state index contributed by atoms with van der Waals surface area (Å²) in [7, 11) is 4.06. The minimum Gasteiger partial charge on any atom is -0.379 e. The van der Waals surface area contributed by atoms with E-state index in [9.17, 15) is 0 Å². The van der Waals surface area contributed by atoms with Crippen LogP contribution in [0, 0.1) is 0 Å². The SMILES string of the molecule is CCNC(=NCc1ccc(CN2CCOCC2)cc1)N(C)Cc1cc(Cl)cn1C.I. The Morgan fingerprint density at radius 1 is 1.20 bits per heavy atom. The summed E-state index contributed by atoms with van der Waals surface area (Å²) >= 11 is 6.11. The lowest BCUT2D eigenvalue weighted by molar-refractivity contribution is 0.0342. The molecule has 3 rings (SSSR count). The number of hydrogen-bond donors (Lipinski definition) is 1. The molecule has 0 atom stereocenters. The fourth-order valence-electron chi connectivity index (χ4n) is 3.44. The summed E-state index contributed by atoms with van der Waals surface area (Å²) in [5.41, 5.74) is 3.70. The number of nitrogens with zero attached hydrogens (tertiary/aromatic N) is 4. The zero-order valence-corrected chi connectivity index (χ0v) is 21.2.